The van der Waals surface area contributed by atoms with Gasteiger partial charge in [-0.05, 0) is 30.5 Å². The molecule has 2 heterocycles. The van der Waals surface area contributed by atoms with Crippen LogP contribution in [0.15, 0.2) is 29.4 Å². The van der Waals surface area contributed by atoms with Crippen LogP contribution in [0.5, 0.6) is 11.5 Å². The summed E-state index contributed by atoms with van der Waals surface area (Å²) >= 11 is 1.80. The molecule has 0 bridgehead atoms. The van der Waals surface area contributed by atoms with Gasteiger partial charge in [0, 0.05) is 56.2 Å². The molecule has 0 amide bonds. The lowest BCUT2D eigenvalue weighted by atomic mass is 9.98. The number of hydrogen-bond acceptors (Lipinski definition) is 5. The van der Waals surface area contributed by atoms with Crippen LogP contribution in [0.3, 0.4) is 0 Å². The van der Waals surface area contributed by atoms with E-state index >= 15 is 0 Å². The molecule has 0 aliphatic carbocycles. The van der Waals surface area contributed by atoms with Gasteiger partial charge in [0.25, 0.3) is 0 Å². The van der Waals surface area contributed by atoms with E-state index in [0.717, 1.165) is 56.4 Å². The molecule has 0 saturated carbocycles. The first-order valence-electron chi connectivity index (χ1n) is 9.79. The van der Waals surface area contributed by atoms with Gasteiger partial charge in [0.05, 0.1) is 19.2 Å². The fraction of sp³-hybridized carbons (Fsp3) is 0.524. The van der Waals surface area contributed by atoms with E-state index in [0.29, 0.717) is 5.92 Å². The lowest BCUT2D eigenvalue weighted by Gasteiger charge is -2.22. The average Bonchev–Trinajstić information content (AvgIpc) is 3.40. The van der Waals surface area contributed by atoms with Crippen molar-refractivity contribution < 1.29 is 9.47 Å². The molecule has 29 heavy (non-hydrogen) atoms. The fourth-order valence-corrected chi connectivity index (χ4v) is 4.39. The summed E-state index contributed by atoms with van der Waals surface area (Å²) in [4.78, 5) is 12.6. The van der Waals surface area contributed by atoms with E-state index in [2.05, 4.69) is 39.2 Å². The number of thiazole rings is 1. The molecule has 0 radical (unpaired) electrons. The minimum Gasteiger partial charge on any atom is -0.497 e. The van der Waals surface area contributed by atoms with Crippen LogP contribution in [0.2, 0.25) is 0 Å². The maximum atomic E-state index is 5.42. The number of aromatic nitrogens is 1. The summed E-state index contributed by atoms with van der Waals surface area (Å²) < 4.78 is 10.8. The first-order chi connectivity index (χ1) is 13.7. The Labute approximate surface area is 194 Å². The summed E-state index contributed by atoms with van der Waals surface area (Å²) in [7, 11) is 5.23. The lowest BCUT2D eigenvalue weighted by molar-refractivity contribution is 0.392. The number of guanidine groups is 1. The number of hydrogen-bond donors (Lipinski definition) is 1. The number of likely N-dealkylation sites (tertiary alicyclic amines) is 1. The Hall–Kier alpha value is -1.55. The van der Waals surface area contributed by atoms with Crippen molar-refractivity contribution in [2.75, 3.05) is 40.9 Å². The number of nitrogens with one attached hydrogen (secondary N) is 1. The third kappa shape index (κ3) is 6.21. The zero-order chi connectivity index (χ0) is 19.9. The van der Waals surface area contributed by atoms with Crippen LogP contribution < -0.4 is 14.8 Å². The van der Waals surface area contributed by atoms with Gasteiger partial charge in [0.1, 0.15) is 11.5 Å². The molecule has 1 aromatic carbocycles. The van der Waals surface area contributed by atoms with Gasteiger partial charge in [0.15, 0.2) is 5.96 Å². The van der Waals surface area contributed by atoms with Gasteiger partial charge in [-0.15, -0.1) is 35.3 Å². The molecule has 1 aliphatic rings. The Bertz CT molecular complexity index is 789. The molecule has 1 saturated heterocycles. The molecule has 3 rings (SSSR count). The minimum atomic E-state index is 0. The highest BCUT2D eigenvalue weighted by Crippen LogP contribution is 2.32. The number of aliphatic imine (C=N–C) groups is 1. The van der Waals surface area contributed by atoms with Crippen LogP contribution in [0.1, 0.15) is 34.7 Å². The normalized spacial score (nSPS) is 16.5. The van der Waals surface area contributed by atoms with Gasteiger partial charge in [-0.2, -0.15) is 0 Å². The Morgan fingerprint density at radius 3 is 2.59 bits per heavy atom. The van der Waals surface area contributed by atoms with Crippen LogP contribution in [0.25, 0.3) is 0 Å². The zero-order valence-electron chi connectivity index (χ0n) is 17.6. The van der Waals surface area contributed by atoms with E-state index < -0.39 is 0 Å². The number of rotatable bonds is 7. The van der Waals surface area contributed by atoms with Crippen molar-refractivity contribution in [1.82, 2.24) is 15.2 Å². The number of nitrogens with zero attached hydrogens (tertiary/aromatic N) is 3. The molecule has 8 heteroatoms. The van der Waals surface area contributed by atoms with Crippen LogP contribution in [-0.2, 0) is 12.8 Å². The van der Waals surface area contributed by atoms with E-state index in [-0.39, 0.29) is 24.0 Å². The van der Waals surface area contributed by atoms with E-state index in [9.17, 15) is 0 Å². The van der Waals surface area contributed by atoms with Gasteiger partial charge in [0.2, 0.25) is 0 Å². The van der Waals surface area contributed by atoms with Gasteiger partial charge in [-0.1, -0.05) is 6.92 Å². The summed E-state index contributed by atoms with van der Waals surface area (Å²) in [6, 6.07) is 6.14. The maximum Gasteiger partial charge on any atom is 0.193 e. The van der Waals surface area contributed by atoms with Gasteiger partial charge < -0.3 is 19.7 Å². The van der Waals surface area contributed by atoms with Crippen molar-refractivity contribution in [2.24, 2.45) is 4.99 Å². The first kappa shape index (κ1) is 23.7. The number of halogens is 1. The number of methoxy groups -OCH3 is 2. The van der Waals surface area contributed by atoms with E-state index in [1.807, 2.05) is 19.3 Å². The summed E-state index contributed by atoms with van der Waals surface area (Å²) in [6.07, 6.45) is 5.05. The van der Waals surface area contributed by atoms with Crippen LogP contribution in [0, 0.1) is 0 Å². The lowest BCUT2D eigenvalue weighted by Crippen LogP contribution is -2.40. The van der Waals surface area contributed by atoms with Crippen molar-refractivity contribution in [1.29, 1.82) is 0 Å². The van der Waals surface area contributed by atoms with E-state index in [1.54, 1.807) is 25.6 Å². The number of benzene rings is 1. The zero-order valence-corrected chi connectivity index (χ0v) is 20.8. The van der Waals surface area contributed by atoms with Crippen LogP contribution >= 0.6 is 35.3 Å². The number of aryl methyl sites for hydroxylation is 1. The fourth-order valence-electron chi connectivity index (χ4n) is 3.53. The smallest absolute Gasteiger partial charge is 0.193 e. The molecule has 1 fully saturated rings. The Balaban J connectivity index is 0.00000300. The molecule has 1 atom stereocenters. The summed E-state index contributed by atoms with van der Waals surface area (Å²) in [6.45, 7) is 4.94. The Morgan fingerprint density at radius 2 is 2.00 bits per heavy atom. The molecular weight excluding hydrogens is 499 g/mol. The molecule has 1 N–H and O–H groups in total. The second-order valence-electron chi connectivity index (χ2n) is 6.88. The van der Waals surface area contributed by atoms with Crippen LogP contribution in [-0.4, -0.2) is 56.7 Å². The predicted molar refractivity (Wildman–Crippen MR) is 130 cm³/mol. The van der Waals surface area contributed by atoms with E-state index in [4.69, 9.17) is 9.47 Å². The standard InChI is InChI=1S/C21H30N4O2S.HI/c1-5-19-13-24-20(28-19)6-8-23-21(22-2)25-9-7-15(14-25)16-10-17(26-3)12-18(11-16)27-4;/h10-13,15H,5-9,14H2,1-4H3,(H,22,23);1H. The third-order valence-electron chi connectivity index (χ3n) is 5.12. The number of ether oxygens (including phenoxy) is 2. The first-order valence-corrected chi connectivity index (χ1v) is 10.6. The molecular formula is C21H31IN4O2S. The monoisotopic (exact) mass is 530 g/mol. The molecule has 0 spiro atoms. The Kier molecular flexibility index (Phi) is 9.48. The topological polar surface area (TPSA) is 59.0 Å². The molecule has 1 aliphatic heterocycles. The molecule has 1 unspecified atom stereocenters. The maximum absolute atomic E-state index is 5.42. The van der Waals surface area contributed by atoms with Crippen molar-refractivity contribution in [2.45, 2.75) is 32.1 Å². The van der Waals surface area contributed by atoms with Crippen molar-refractivity contribution >= 4 is 41.3 Å². The highest BCUT2D eigenvalue weighted by atomic mass is 127. The predicted octanol–water partition coefficient (Wildman–Crippen LogP) is 3.95. The second-order valence-corrected chi connectivity index (χ2v) is 8.08. The second kappa shape index (κ2) is 11.6. The van der Waals surface area contributed by atoms with Gasteiger partial charge in [-0.3, -0.25) is 4.99 Å². The van der Waals surface area contributed by atoms with Crippen molar-refractivity contribution in [3.05, 3.63) is 39.8 Å². The SMILES string of the molecule is CCc1cnc(CCNC(=NC)N2CCC(c3cc(OC)cc(OC)c3)C2)s1.I. The minimum absolute atomic E-state index is 0. The summed E-state index contributed by atoms with van der Waals surface area (Å²) in [5.74, 6) is 3.08. The average molecular weight is 530 g/mol. The molecule has 6 nitrogen and oxygen atoms in total. The van der Waals surface area contributed by atoms with Gasteiger partial charge in [-0.25, -0.2) is 4.98 Å². The van der Waals surface area contributed by atoms with Crippen molar-refractivity contribution in [3.63, 3.8) is 0 Å². The highest BCUT2D eigenvalue weighted by molar-refractivity contribution is 14.0. The molecule has 2 aromatic rings. The van der Waals surface area contributed by atoms with Gasteiger partial charge >= 0.3 is 0 Å². The van der Waals surface area contributed by atoms with E-state index in [1.165, 1.54) is 15.4 Å². The molecule has 160 valence electrons. The largest absolute Gasteiger partial charge is 0.497 e. The molecule has 1 aromatic heterocycles. The summed E-state index contributed by atoms with van der Waals surface area (Å²) in [5, 5.41) is 4.68. The quantitative estimate of drug-likeness (QED) is 0.334. The summed E-state index contributed by atoms with van der Waals surface area (Å²) in [5.41, 5.74) is 1.25. The Morgan fingerprint density at radius 1 is 1.28 bits per heavy atom. The van der Waals surface area contributed by atoms with Crippen molar-refractivity contribution in [3.8, 4) is 11.5 Å². The third-order valence-corrected chi connectivity index (χ3v) is 6.32. The highest BCUT2D eigenvalue weighted by Gasteiger charge is 2.26. The van der Waals surface area contributed by atoms with Crippen LogP contribution in [0.4, 0.5) is 0 Å².